The van der Waals surface area contributed by atoms with Gasteiger partial charge in [0.2, 0.25) is 0 Å². The standard InChI is InChI=1S/C15H14BrNO4/c16-12-5-4-8(6-9(12)7-17)10-2-1-3-11(14(18)19)13(10)15(20)21/h4-6,10-11,13H,1-3H2,(H,18,19)(H,20,21). The van der Waals surface area contributed by atoms with Crippen LogP contribution in [-0.4, -0.2) is 22.2 Å². The zero-order valence-corrected chi connectivity index (χ0v) is 12.7. The maximum Gasteiger partial charge on any atom is 0.307 e. The van der Waals surface area contributed by atoms with Crippen LogP contribution < -0.4 is 0 Å². The Hall–Kier alpha value is -1.87. The van der Waals surface area contributed by atoms with Crippen LogP contribution in [0.25, 0.3) is 0 Å². The van der Waals surface area contributed by atoms with E-state index in [4.69, 9.17) is 5.26 Å². The number of halogens is 1. The summed E-state index contributed by atoms with van der Waals surface area (Å²) in [6.45, 7) is 0. The molecule has 21 heavy (non-hydrogen) atoms. The first kappa shape index (κ1) is 15.5. The zero-order chi connectivity index (χ0) is 15.6. The quantitative estimate of drug-likeness (QED) is 0.871. The Labute approximate surface area is 130 Å². The van der Waals surface area contributed by atoms with Gasteiger partial charge in [0.25, 0.3) is 0 Å². The molecule has 1 aromatic rings. The first-order valence-corrected chi connectivity index (χ1v) is 7.40. The Morgan fingerprint density at radius 2 is 1.95 bits per heavy atom. The van der Waals surface area contributed by atoms with E-state index in [1.807, 2.05) is 6.07 Å². The van der Waals surface area contributed by atoms with Gasteiger partial charge in [-0.05, 0) is 52.4 Å². The van der Waals surface area contributed by atoms with Gasteiger partial charge in [-0.15, -0.1) is 0 Å². The van der Waals surface area contributed by atoms with Crippen molar-refractivity contribution < 1.29 is 19.8 Å². The van der Waals surface area contributed by atoms with Crippen molar-refractivity contribution in [3.8, 4) is 6.07 Å². The molecule has 3 unspecified atom stereocenters. The second kappa shape index (κ2) is 6.27. The Balaban J connectivity index is 2.43. The summed E-state index contributed by atoms with van der Waals surface area (Å²) in [4.78, 5) is 22.8. The Bertz CT molecular complexity index is 623. The van der Waals surface area contributed by atoms with E-state index in [0.717, 1.165) is 0 Å². The van der Waals surface area contributed by atoms with Crippen LogP contribution >= 0.6 is 15.9 Å². The molecule has 0 spiro atoms. The molecular formula is C15H14BrNO4. The number of carbonyl (C=O) groups is 2. The third kappa shape index (κ3) is 3.08. The monoisotopic (exact) mass is 351 g/mol. The first-order valence-electron chi connectivity index (χ1n) is 6.61. The number of hydrogen-bond donors (Lipinski definition) is 2. The van der Waals surface area contributed by atoms with Crippen LogP contribution in [0.2, 0.25) is 0 Å². The molecule has 110 valence electrons. The highest BCUT2D eigenvalue weighted by Gasteiger charge is 2.42. The summed E-state index contributed by atoms with van der Waals surface area (Å²) in [5.74, 6) is -4.37. The van der Waals surface area contributed by atoms with Gasteiger partial charge in [-0.25, -0.2) is 0 Å². The molecule has 0 aromatic heterocycles. The fourth-order valence-corrected chi connectivity index (χ4v) is 3.39. The molecule has 1 aliphatic carbocycles. The van der Waals surface area contributed by atoms with Gasteiger partial charge in [-0.1, -0.05) is 12.5 Å². The molecule has 1 saturated carbocycles. The third-order valence-corrected chi connectivity index (χ3v) is 4.73. The van der Waals surface area contributed by atoms with E-state index in [2.05, 4.69) is 15.9 Å². The van der Waals surface area contributed by atoms with Gasteiger partial charge in [0.15, 0.2) is 0 Å². The fourth-order valence-electron chi connectivity index (χ4n) is 3.05. The van der Waals surface area contributed by atoms with Crippen LogP contribution in [0.15, 0.2) is 22.7 Å². The minimum Gasteiger partial charge on any atom is -0.481 e. The summed E-state index contributed by atoms with van der Waals surface area (Å²) < 4.78 is 0.645. The van der Waals surface area contributed by atoms with Crippen LogP contribution in [0, 0.1) is 23.2 Å². The lowest BCUT2D eigenvalue weighted by Gasteiger charge is -2.33. The second-order valence-electron chi connectivity index (χ2n) is 5.20. The van der Waals surface area contributed by atoms with Crippen molar-refractivity contribution in [1.82, 2.24) is 0 Å². The minimum atomic E-state index is -1.09. The average Bonchev–Trinajstić information content (AvgIpc) is 2.46. The number of hydrogen-bond acceptors (Lipinski definition) is 3. The van der Waals surface area contributed by atoms with Gasteiger partial charge < -0.3 is 10.2 Å². The zero-order valence-electron chi connectivity index (χ0n) is 11.1. The molecule has 1 aliphatic rings. The van der Waals surface area contributed by atoms with Crippen LogP contribution in [0.3, 0.4) is 0 Å². The Kier molecular flexibility index (Phi) is 4.63. The van der Waals surface area contributed by atoms with E-state index in [0.29, 0.717) is 34.9 Å². The lowest BCUT2D eigenvalue weighted by molar-refractivity contribution is -0.156. The van der Waals surface area contributed by atoms with Crippen molar-refractivity contribution in [2.75, 3.05) is 0 Å². The summed E-state index contributed by atoms with van der Waals surface area (Å²) >= 11 is 3.26. The van der Waals surface area contributed by atoms with E-state index < -0.39 is 23.8 Å². The molecule has 6 heteroatoms. The maximum absolute atomic E-state index is 11.5. The lowest BCUT2D eigenvalue weighted by Crippen LogP contribution is -2.37. The van der Waals surface area contributed by atoms with E-state index in [9.17, 15) is 19.8 Å². The minimum absolute atomic E-state index is 0.377. The fraction of sp³-hybridized carbons (Fsp3) is 0.400. The lowest BCUT2D eigenvalue weighted by atomic mass is 9.69. The number of nitriles is 1. The number of benzene rings is 1. The van der Waals surface area contributed by atoms with E-state index >= 15 is 0 Å². The van der Waals surface area contributed by atoms with Crippen LogP contribution in [0.5, 0.6) is 0 Å². The highest BCUT2D eigenvalue weighted by Crippen LogP contribution is 2.42. The number of nitrogens with zero attached hydrogens (tertiary/aromatic N) is 1. The van der Waals surface area contributed by atoms with Crippen molar-refractivity contribution in [3.63, 3.8) is 0 Å². The molecule has 0 radical (unpaired) electrons. The summed E-state index contributed by atoms with van der Waals surface area (Å²) in [5, 5.41) is 27.7. The molecule has 1 aromatic carbocycles. The van der Waals surface area contributed by atoms with E-state index in [1.165, 1.54) is 0 Å². The van der Waals surface area contributed by atoms with Crippen molar-refractivity contribution in [2.24, 2.45) is 11.8 Å². The van der Waals surface area contributed by atoms with E-state index in [-0.39, 0.29) is 5.92 Å². The molecule has 0 bridgehead atoms. The molecular weight excluding hydrogens is 338 g/mol. The van der Waals surface area contributed by atoms with Crippen molar-refractivity contribution in [1.29, 1.82) is 5.26 Å². The summed E-state index contributed by atoms with van der Waals surface area (Å²) in [5.41, 5.74) is 1.14. The number of carboxylic acid groups (broad SMARTS) is 2. The Morgan fingerprint density at radius 3 is 2.52 bits per heavy atom. The number of aliphatic carboxylic acids is 2. The van der Waals surface area contributed by atoms with Gasteiger partial charge in [0, 0.05) is 4.47 Å². The highest BCUT2D eigenvalue weighted by molar-refractivity contribution is 9.10. The molecule has 0 saturated heterocycles. The van der Waals surface area contributed by atoms with Crippen LogP contribution in [-0.2, 0) is 9.59 Å². The summed E-state index contributed by atoms with van der Waals surface area (Å²) in [6.07, 6.45) is 1.67. The molecule has 0 amide bonds. The normalized spacial score (nSPS) is 25.0. The first-order chi connectivity index (χ1) is 9.95. The third-order valence-electron chi connectivity index (χ3n) is 4.04. The number of rotatable bonds is 3. The molecule has 1 fully saturated rings. The van der Waals surface area contributed by atoms with Crippen LogP contribution in [0.4, 0.5) is 0 Å². The summed E-state index contributed by atoms with van der Waals surface area (Å²) in [7, 11) is 0. The van der Waals surface area contributed by atoms with Gasteiger partial charge in [0.05, 0.1) is 17.4 Å². The topological polar surface area (TPSA) is 98.4 Å². The van der Waals surface area contributed by atoms with Crippen LogP contribution in [0.1, 0.15) is 36.3 Å². The second-order valence-corrected chi connectivity index (χ2v) is 6.05. The molecule has 3 atom stereocenters. The van der Waals surface area contributed by atoms with Crippen molar-refractivity contribution in [3.05, 3.63) is 33.8 Å². The predicted octanol–water partition coefficient (Wildman–Crippen LogP) is 2.99. The molecule has 0 heterocycles. The van der Waals surface area contributed by atoms with Crippen molar-refractivity contribution >= 4 is 27.9 Å². The molecule has 5 nitrogen and oxygen atoms in total. The Morgan fingerprint density at radius 1 is 1.24 bits per heavy atom. The van der Waals surface area contributed by atoms with E-state index in [1.54, 1.807) is 18.2 Å². The van der Waals surface area contributed by atoms with Crippen molar-refractivity contribution in [2.45, 2.75) is 25.2 Å². The SMILES string of the molecule is N#Cc1cc(C2CCCC(C(=O)O)C2C(=O)O)ccc1Br. The molecule has 2 rings (SSSR count). The van der Waals surface area contributed by atoms with Gasteiger partial charge >= 0.3 is 11.9 Å². The highest BCUT2D eigenvalue weighted by atomic mass is 79.9. The van der Waals surface area contributed by atoms with Gasteiger partial charge in [-0.3, -0.25) is 9.59 Å². The van der Waals surface area contributed by atoms with Gasteiger partial charge in [-0.2, -0.15) is 5.26 Å². The molecule has 0 aliphatic heterocycles. The van der Waals surface area contributed by atoms with Gasteiger partial charge in [0.1, 0.15) is 6.07 Å². The predicted molar refractivity (Wildman–Crippen MR) is 77.7 cm³/mol. The smallest absolute Gasteiger partial charge is 0.307 e. The average molecular weight is 352 g/mol. The largest absolute Gasteiger partial charge is 0.481 e. The molecule has 2 N–H and O–H groups in total. The maximum atomic E-state index is 11.5. The number of carboxylic acids is 2. The summed E-state index contributed by atoms with van der Waals surface area (Å²) in [6, 6.07) is 7.16.